The second-order valence-corrected chi connectivity index (χ2v) is 3.20. The predicted molar refractivity (Wildman–Crippen MR) is 52.3 cm³/mol. The second kappa shape index (κ2) is 2.80. The van der Waals surface area contributed by atoms with Crippen LogP contribution in [0.25, 0.3) is 11.0 Å². The third kappa shape index (κ3) is 1.14. The lowest BCUT2D eigenvalue weighted by Crippen LogP contribution is -2.22. The number of aromatic amines is 1. The van der Waals surface area contributed by atoms with Crippen molar-refractivity contribution in [2.45, 2.75) is 6.92 Å². The highest BCUT2D eigenvalue weighted by Gasteiger charge is 2.04. The SMILES string of the molecule is Cc1c[nH]c2nc(=O)n(C)cc2c1=O. The zero-order valence-electron chi connectivity index (χ0n) is 7.87. The minimum Gasteiger partial charge on any atom is -0.345 e. The Labute approximate surface area is 79.0 Å². The molecule has 0 unspecified atom stereocenters. The molecular formula is C9H9N3O2. The largest absolute Gasteiger partial charge is 0.349 e. The lowest BCUT2D eigenvalue weighted by atomic mass is 10.2. The molecule has 0 aromatic carbocycles. The molecule has 2 heterocycles. The molecule has 0 bridgehead atoms. The molecule has 14 heavy (non-hydrogen) atoms. The summed E-state index contributed by atoms with van der Waals surface area (Å²) in [5, 5.41) is 0.437. The third-order valence-corrected chi connectivity index (χ3v) is 2.12. The quantitative estimate of drug-likeness (QED) is 0.633. The van der Waals surface area contributed by atoms with Gasteiger partial charge in [-0.2, -0.15) is 4.98 Å². The first-order valence-electron chi connectivity index (χ1n) is 4.15. The minimum absolute atomic E-state index is 0.0955. The Kier molecular flexibility index (Phi) is 1.73. The average molecular weight is 191 g/mol. The molecule has 0 atom stereocenters. The summed E-state index contributed by atoms with van der Waals surface area (Å²) in [5.41, 5.74) is 0.473. The highest BCUT2D eigenvalue weighted by Crippen LogP contribution is 2.00. The van der Waals surface area contributed by atoms with Crippen LogP contribution in [0, 0.1) is 6.92 Å². The predicted octanol–water partition coefficient (Wildman–Crippen LogP) is -0.0698. The van der Waals surface area contributed by atoms with Crippen molar-refractivity contribution in [1.82, 2.24) is 14.5 Å². The van der Waals surface area contributed by atoms with Gasteiger partial charge in [-0.25, -0.2) is 4.79 Å². The fourth-order valence-corrected chi connectivity index (χ4v) is 1.28. The maximum absolute atomic E-state index is 11.6. The van der Waals surface area contributed by atoms with E-state index in [9.17, 15) is 9.59 Å². The Morgan fingerprint density at radius 3 is 2.86 bits per heavy atom. The van der Waals surface area contributed by atoms with E-state index in [1.54, 1.807) is 20.2 Å². The number of H-pyrrole nitrogens is 1. The number of aryl methyl sites for hydroxylation is 2. The first kappa shape index (κ1) is 8.68. The maximum atomic E-state index is 11.6. The topological polar surface area (TPSA) is 67.8 Å². The Bertz CT molecular complexity index is 609. The number of fused-ring (bicyclic) bond motifs is 1. The molecule has 0 radical (unpaired) electrons. The average Bonchev–Trinajstić information content (AvgIpc) is 2.15. The molecule has 5 nitrogen and oxygen atoms in total. The van der Waals surface area contributed by atoms with Gasteiger partial charge in [-0.15, -0.1) is 0 Å². The van der Waals surface area contributed by atoms with E-state index in [0.717, 1.165) is 0 Å². The van der Waals surface area contributed by atoms with Crippen LogP contribution in [0.3, 0.4) is 0 Å². The molecule has 0 spiro atoms. The van der Waals surface area contributed by atoms with Crippen LogP contribution in [0.1, 0.15) is 5.56 Å². The van der Waals surface area contributed by atoms with Crippen molar-refractivity contribution in [3.63, 3.8) is 0 Å². The van der Waals surface area contributed by atoms with Crippen LogP contribution >= 0.6 is 0 Å². The smallest absolute Gasteiger partial charge is 0.345 e. The molecule has 2 rings (SSSR count). The lowest BCUT2D eigenvalue weighted by Gasteiger charge is -2.00. The molecule has 0 aliphatic rings. The van der Waals surface area contributed by atoms with E-state index in [-0.39, 0.29) is 11.1 Å². The Balaban J connectivity index is 3.05. The first-order chi connectivity index (χ1) is 6.59. The zero-order valence-corrected chi connectivity index (χ0v) is 7.87. The van der Waals surface area contributed by atoms with Gasteiger partial charge in [0.15, 0.2) is 5.43 Å². The molecule has 2 aromatic rings. The van der Waals surface area contributed by atoms with Crippen molar-refractivity contribution in [2.75, 3.05) is 0 Å². The van der Waals surface area contributed by atoms with Gasteiger partial charge in [0.2, 0.25) is 0 Å². The van der Waals surface area contributed by atoms with Gasteiger partial charge in [-0.05, 0) is 6.92 Å². The Morgan fingerprint density at radius 2 is 2.14 bits per heavy atom. The van der Waals surface area contributed by atoms with E-state index in [0.29, 0.717) is 16.6 Å². The number of nitrogens with one attached hydrogen (secondary N) is 1. The monoisotopic (exact) mass is 191 g/mol. The normalized spacial score (nSPS) is 10.7. The van der Waals surface area contributed by atoms with E-state index >= 15 is 0 Å². The molecule has 0 aliphatic carbocycles. The highest BCUT2D eigenvalue weighted by atomic mass is 16.1. The molecule has 0 amide bonds. The molecule has 0 aliphatic heterocycles. The molecule has 72 valence electrons. The van der Waals surface area contributed by atoms with Crippen LogP contribution in [0.2, 0.25) is 0 Å². The number of hydrogen-bond acceptors (Lipinski definition) is 3. The maximum Gasteiger partial charge on any atom is 0.349 e. The summed E-state index contributed by atoms with van der Waals surface area (Å²) in [6.45, 7) is 1.71. The van der Waals surface area contributed by atoms with Gasteiger partial charge in [0.05, 0.1) is 5.39 Å². The molecule has 2 aromatic heterocycles. The van der Waals surface area contributed by atoms with Crippen molar-refractivity contribution in [1.29, 1.82) is 0 Å². The molecular weight excluding hydrogens is 182 g/mol. The van der Waals surface area contributed by atoms with Crippen LogP contribution in [-0.2, 0) is 7.05 Å². The molecule has 0 saturated carbocycles. The summed E-state index contributed by atoms with van der Waals surface area (Å²) < 4.78 is 1.29. The van der Waals surface area contributed by atoms with Gasteiger partial charge in [0, 0.05) is 25.0 Å². The lowest BCUT2D eigenvalue weighted by molar-refractivity contribution is 0.822. The second-order valence-electron chi connectivity index (χ2n) is 3.20. The van der Waals surface area contributed by atoms with Gasteiger partial charge < -0.3 is 9.55 Å². The van der Waals surface area contributed by atoms with Crippen molar-refractivity contribution < 1.29 is 0 Å². The number of nitrogens with zero attached hydrogens (tertiary/aromatic N) is 2. The zero-order chi connectivity index (χ0) is 10.3. The molecule has 1 N–H and O–H groups in total. The van der Waals surface area contributed by atoms with Gasteiger partial charge >= 0.3 is 5.69 Å². The number of aromatic nitrogens is 3. The van der Waals surface area contributed by atoms with E-state index < -0.39 is 0 Å². The van der Waals surface area contributed by atoms with Gasteiger partial charge in [-0.3, -0.25) is 4.79 Å². The minimum atomic E-state index is -0.378. The summed E-state index contributed by atoms with van der Waals surface area (Å²) in [4.78, 5) is 29.3. The molecule has 0 saturated heterocycles. The van der Waals surface area contributed by atoms with E-state index in [4.69, 9.17) is 0 Å². The van der Waals surface area contributed by atoms with Crippen LogP contribution < -0.4 is 11.1 Å². The van der Waals surface area contributed by atoms with Crippen LogP contribution in [0.15, 0.2) is 22.0 Å². The number of pyridine rings is 1. The van der Waals surface area contributed by atoms with E-state index in [1.807, 2.05) is 0 Å². The number of hydrogen-bond donors (Lipinski definition) is 1. The third-order valence-electron chi connectivity index (χ3n) is 2.12. The van der Waals surface area contributed by atoms with Gasteiger partial charge in [-0.1, -0.05) is 0 Å². The van der Waals surface area contributed by atoms with Crippen molar-refractivity contribution in [3.8, 4) is 0 Å². The first-order valence-corrected chi connectivity index (χ1v) is 4.15. The van der Waals surface area contributed by atoms with Crippen LogP contribution in [0.4, 0.5) is 0 Å². The summed E-state index contributed by atoms with van der Waals surface area (Å²) in [6, 6.07) is 0. The van der Waals surface area contributed by atoms with E-state index in [2.05, 4.69) is 9.97 Å². The van der Waals surface area contributed by atoms with Crippen molar-refractivity contribution in [2.24, 2.45) is 7.05 Å². The summed E-state index contributed by atoms with van der Waals surface area (Å²) >= 11 is 0. The van der Waals surface area contributed by atoms with E-state index in [1.165, 1.54) is 10.8 Å². The van der Waals surface area contributed by atoms with Crippen molar-refractivity contribution in [3.05, 3.63) is 38.7 Å². The van der Waals surface area contributed by atoms with Crippen LogP contribution in [-0.4, -0.2) is 14.5 Å². The van der Waals surface area contributed by atoms with Gasteiger partial charge in [0.25, 0.3) is 0 Å². The highest BCUT2D eigenvalue weighted by molar-refractivity contribution is 5.73. The standard InChI is InChI=1S/C9H9N3O2/c1-5-3-10-8-6(7(5)13)4-12(2)9(14)11-8/h3-4H,1-2H3,(H,10,11,14). The fraction of sp³-hybridized carbons (Fsp3) is 0.222. The molecule has 0 fully saturated rings. The Hall–Kier alpha value is -1.91. The Morgan fingerprint density at radius 1 is 1.43 bits per heavy atom. The summed E-state index contributed by atoms with van der Waals surface area (Å²) in [7, 11) is 1.57. The molecule has 5 heteroatoms. The van der Waals surface area contributed by atoms with Gasteiger partial charge in [0.1, 0.15) is 5.65 Å². The summed E-state index contributed by atoms with van der Waals surface area (Å²) in [5.74, 6) is 0. The van der Waals surface area contributed by atoms with Crippen LogP contribution in [0.5, 0.6) is 0 Å². The fourth-order valence-electron chi connectivity index (χ4n) is 1.28. The van der Waals surface area contributed by atoms with Crippen molar-refractivity contribution >= 4 is 11.0 Å². The number of rotatable bonds is 0. The summed E-state index contributed by atoms with van der Waals surface area (Å²) in [6.07, 6.45) is 3.05.